The number of hydrogen-bond donors (Lipinski definition) is 1. The fraction of sp³-hybridized carbons (Fsp3) is 0.0455. The number of carbonyl (C=O) groups is 1. The van der Waals surface area contributed by atoms with Crippen LogP contribution in [0.3, 0.4) is 0 Å². The molecule has 3 nitrogen and oxygen atoms in total. The van der Waals surface area contributed by atoms with Crippen LogP contribution in [0.1, 0.15) is 15.9 Å². The maximum Gasteiger partial charge on any atom is 0.258 e. The van der Waals surface area contributed by atoms with Crippen LogP contribution in [0.2, 0.25) is 0 Å². The number of amides is 1. The Morgan fingerprint density at radius 1 is 0.840 bits per heavy atom. The monoisotopic (exact) mass is 326 g/mol. The number of nitrogens with one attached hydrogen (secondary N) is 1. The maximum atomic E-state index is 13.2. The highest BCUT2D eigenvalue weighted by Gasteiger charge is 2.18. The first-order chi connectivity index (χ1) is 12.3. The van der Waals surface area contributed by atoms with Crippen LogP contribution in [0.15, 0.2) is 91.1 Å². The number of carbonyl (C=O) groups excluding carboxylic acids is 1. The number of hydrogen-bond acceptors (Lipinski definition) is 1. The molecule has 0 unspecified atom stereocenters. The van der Waals surface area contributed by atoms with Crippen LogP contribution < -0.4 is 4.90 Å². The number of rotatable bonds is 4. The normalized spacial score (nSPS) is 10.7. The third-order valence-corrected chi connectivity index (χ3v) is 4.30. The first-order valence-electron chi connectivity index (χ1n) is 8.29. The Hall–Kier alpha value is -3.33. The summed E-state index contributed by atoms with van der Waals surface area (Å²) in [6.07, 6.45) is 1.89. The van der Waals surface area contributed by atoms with E-state index in [0.29, 0.717) is 12.1 Å². The van der Waals surface area contributed by atoms with Crippen LogP contribution in [0, 0.1) is 0 Å². The van der Waals surface area contributed by atoms with Gasteiger partial charge in [0.25, 0.3) is 5.91 Å². The lowest BCUT2D eigenvalue weighted by Crippen LogP contribution is -2.30. The molecule has 4 rings (SSSR count). The molecule has 0 fully saturated rings. The molecule has 0 aliphatic carbocycles. The molecule has 0 radical (unpaired) electrons. The summed E-state index contributed by atoms with van der Waals surface area (Å²) in [6.45, 7) is 0.534. The maximum absolute atomic E-state index is 13.2. The molecule has 0 spiro atoms. The average molecular weight is 326 g/mol. The Labute approximate surface area is 146 Å². The van der Waals surface area contributed by atoms with E-state index in [1.165, 1.54) is 0 Å². The molecule has 0 saturated carbocycles. The van der Waals surface area contributed by atoms with Crippen molar-refractivity contribution in [2.24, 2.45) is 0 Å². The molecule has 4 aromatic rings. The van der Waals surface area contributed by atoms with E-state index in [-0.39, 0.29) is 5.91 Å². The Bertz CT molecular complexity index is 990. The summed E-state index contributed by atoms with van der Waals surface area (Å²) < 4.78 is 0. The van der Waals surface area contributed by atoms with Crippen LogP contribution in [0.25, 0.3) is 10.9 Å². The van der Waals surface area contributed by atoms with Crippen molar-refractivity contribution in [1.29, 1.82) is 0 Å². The first kappa shape index (κ1) is 15.2. The van der Waals surface area contributed by atoms with Crippen LogP contribution in [-0.2, 0) is 6.54 Å². The Balaban J connectivity index is 1.72. The number of para-hydroxylation sites is 1. The van der Waals surface area contributed by atoms with Gasteiger partial charge in [-0.3, -0.25) is 4.79 Å². The molecule has 1 heterocycles. The number of aromatic amines is 1. The second-order valence-corrected chi connectivity index (χ2v) is 5.99. The fourth-order valence-corrected chi connectivity index (χ4v) is 2.99. The van der Waals surface area contributed by atoms with Gasteiger partial charge in [-0.05, 0) is 41.3 Å². The number of anilines is 1. The minimum absolute atomic E-state index is 0.00782. The molecule has 25 heavy (non-hydrogen) atoms. The molecule has 0 saturated heterocycles. The number of fused-ring (bicyclic) bond motifs is 1. The summed E-state index contributed by atoms with van der Waals surface area (Å²) >= 11 is 0. The second kappa shape index (κ2) is 6.65. The van der Waals surface area contributed by atoms with Crippen molar-refractivity contribution in [2.75, 3.05) is 4.90 Å². The van der Waals surface area contributed by atoms with E-state index >= 15 is 0 Å². The van der Waals surface area contributed by atoms with Crippen molar-refractivity contribution in [1.82, 2.24) is 4.98 Å². The summed E-state index contributed by atoms with van der Waals surface area (Å²) in [7, 11) is 0. The van der Waals surface area contributed by atoms with E-state index in [2.05, 4.69) is 4.98 Å². The van der Waals surface area contributed by atoms with Crippen molar-refractivity contribution in [3.8, 4) is 0 Å². The summed E-state index contributed by atoms with van der Waals surface area (Å²) in [5.74, 6) is -0.00782. The van der Waals surface area contributed by atoms with Gasteiger partial charge in [-0.25, -0.2) is 0 Å². The highest BCUT2D eigenvalue weighted by Crippen LogP contribution is 2.22. The van der Waals surface area contributed by atoms with Crippen molar-refractivity contribution in [2.45, 2.75) is 6.54 Å². The number of aromatic nitrogens is 1. The predicted octanol–water partition coefficient (Wildman–Crippen LogP) is 5.01. The van der Waals surface area contributed by atoms with Crippen LogP contribution in [0.4, 0.5) is 5.69 Å². The van der Waals surface area contributed by atoms with Gasteiger partial charge in [0, 0.05) is 23.0 Å². The van der Waals surface area contributed by atoms with Gasteiger partial charge in [0.1, 0.15) is 0 Å². The Morgan fingerprint density at radius 2 is 1.56 bits per heavy atom. The minimum atomic E-state index is -0.00782. The topological polar surface area (TPSA) is 36.1 Å². The molecule has 0 aliphatic heterocycles. The summed E-state index contributed by atoms with van der Waals surface area (Å²) in [6, 6.07) is 27.6. The molecule has 122 valence electrons. The molecule has 1 amide bonds. The molecular weight excluding hydrogens is 308 g/mol. The molecule has 1 N–H and O–H groups in total. The van der Waals surface area contributed by atoms with Crippen molar-refractivity contribution in [3.05, 3.63) is 102 Å². The zero-order valence-corrected chi connectivity index (χ0v) is 13.7. The van der Waals surface area contributed by atoms with Crippen LogP contribution in [-0.4, -0.2) is 10.9 Å². The van der Waals surface area contributed by atoms with Gasteiger partial charge in [0.15, 0.2) is 0 Å². The minimum Gasteiger partial charge on any atom is -0.361 e. The quantitative estimate of drug-likeness (QED) is 0.562. The Morgan fingerprint density at radius 3 is 2.32 bits per heavy atom. The largest absolute Gasteiger partial charge is 0.361 e. The second-order valence-electron chi connectivity index (χ2n) is 5.99. The van der Waals surface area contributed by atoms with E-state index in [1.54, 1.807) is 0 Å². The molecule has 0 aliphatic rings. The summed E-state index contributed by atoms with van der Waals surface area (Å²) in [5.41, 5.74) is 3.64. The van der Waals surface area contributed by atoms with Crippen LogP contribution >= 0.6 is 0 Å². The number of H-pyrrole nitrogens is 1. The average Bonchev–Trinajstić information content (AvgIpc) is 3.15. The van der Waals surface area contributed by atoms with E-state index in [0.717, 1.165) is 22.2 Å². The smallest absolute Gasteiger partial charge is 0.258 e. The van der Waals surface area contributed by atoms with E-state index < -0.39 is 0 Å². The van der Waals surface area contributed by atoms with Gasteiger partial charge in [-0.15, -0.1) is 0 Å². The third kappa shape index (κ3) is 3.17. The third-order valence-electron chi connectivity index (χ3n) is 4.30. The van der Waals surface area contributed by atoms with E-state index in [1.807, 2.05) is 96.0 Å². The predicted molar refractivity (Wildman–Crippen MR) is 102 cm³/mol. The van der Waals surface area contributed by atoms with Gasteiger partial charge in [-0.2, -0.15) is 0 Å². The zero-order valence-electron chi connectivity index (χ0n) is 13.7. The van der Waals surface area contributed by atoms with Crippen LogP contribution in [0.5, 0.6) is 0 Å². The molecular formula is C22H18N2O. The summed E-state index contributed by atoms with van der Waals surface area (Å²) in [5, 5.41) is 1.10. The lowest BCUT2D eigenvalue weighted by Gasteiger charge is -2.23. The SMILES string of the molecule is O=C(c1ccc2cc[nH]c2c1)N(Cc1ccccc1)c1ccccc1. The highest BCUT2D eigenvalue weighted by molar-refractivity contribution is 6.07. The number of nitrogens with zero attached hydrogens (tertiary/aromatic N) is 1. The lowest BCUT2D eigenvalue weighted by molar-refractivity contribution is 0.0985. The molecule has 0 bridgehead atoms. The van der Waals surface area contributed by atoms with Gasteiger partial charge in [-0.1, -0.05) is 54.6 Å². The Kier molecular flexibility index (Phi) is 4.05. The van der Waals surface area contributed by atoms with Crippen molar-refractivity contribution < 1.29 is 4.79 Å². The fourth-order valence-electron chi connectivity index (χ4n) is 2.99. The van der Waals surface area contributed by atoms with E-state index in [4.69, 9.17) is 0 Å². The molecule has 3 aromatic carbocycles. The van der Waals surface area contributed by atoms with Gasteiger partial charge >= 0.3 is 0 Å². The molecule has 3 heteroatoms. The lowest BCUT2D eigenvalue weighted by atomic mass is 10.1. The summed E-state index contributed by atoms with van der Waals surface area (Å²) in [4.78, 5) is 18.2. The van der Waals surface area contributed by atoms with E-state index in [9.17, 15) is 4.79 Å². The van der Waals surface area contributed by atoms with Gasteiger partial charge < -0.3 is 9.88 Å². The highest BCUT2D eigenvalue weighted by atomic mass is 16.2. The molecule has 0 atom stereocenters. The van der Waals surface area contributed by atoms with Crippen molar-refractivity contribution in [3.63, 3.8) is 0 Å². The zero-order chi connectivity index (χ0) is 17.1. The van der Waals surface area contributed by atoms with Gasteiger partial charge in [0.05, 0.1) is 6.54 Å². The standard InChI is InChI=1S/C22H18N2O/c25-22(19-12-11-18-13-14-23-21(18)15-19)24(20-9-5-2-6-10-20)16-17-7-3-1-4-8-17/h1-15,23H,16H2. The molecule has 1 aromatic heterocycles. The van der Waals surface area contributed by atoms with Gasteiger partial charge in [0.2, 0.25) is 0 Å². The van der Waals surface area contributed by atoms with Crippen molar-refractivity contribution >= 4 is 22.5 Å². The number of benzene rings is 3. The first-order valence-corrected chi connectivity index (χ1v) is 8.29.